The highest BCUT2D eigenvalue weighted by Crippen LogP contribution is 2.17. The molecule has 0 aliphatic heterocycles. The Bertz CT molecular complexity index is 697. The molecule has 102 valence electrons. The second kappa shape index (κ2) is 6.18. The summed E-state index contributed by atoms with van der Waals surface area (Å²) in [5.74, 6) is 3.01. The monoisotopic (exact) mass is 268 g/mol. The molecule has 0 atom stereocenters. The average molecular weight is 268 g/mol. The van der Waals surface area contributed by atoms with Gasteiger partial charge >= 0.3 is 0 Å². The molecule has 4 heteroatoms. The van der Waals surface area contributed by atoms with Crippen molar-refractivity contribution in [1.82, 2.24) is 9.55 Å². The predicted octanol–water partition coefficient (Wildman–Crippen LogP) is 1.60. The first-order valence-electron chi connectivity index (χ1n) is 6.45. The number of aryl methyl sites for hydroxylation is 1. The molecule has 0 bridgehead atoms. The van der Waals surface area contributed by atoms with Crippen LogP contribution in [-0.2, 0) is 19.6 Å². The molecular weight excluding hydrogens is 252 g/mol. The average Bonchev–Trinajstić information content (AvgIpc) is 2.49. The van der Waals surface area contributed by atoms with E-state index >= 15 is 0 Å². The number of aliphatic hydroxyl groups excluding tert-OH is 1. The first-order valence-corrected chi connectivity index (χ1v) is 6.45. The van der Waals surface area contributed by atoms with E-state index in [0.29, 0.717) is 23.5 Å². The third-order valence-electron chi connectivity index (χ3n) is 3.12. The fraction of sp³-hybridized carbons (Fsp3) is 0.250. The summed E-state index contributed by atoms with van der Waals surface area (Å²) < 4.78 is 1.43. The number of nitrogens with zero attached hydrogens (tertiary/aromatic N) is 2. The van der Waals surface area contributed by atoms with Gasteiger partial charge in [-0.1, -0.05) is 43.2 Å². The highest BCUT2D eigenvalue weighted by atomic mass is 16.3. The maximum absolute atomic E-state index is 12.4. The van der Waals surface area contributed by atoms with Crippen molar-refractivity contribution in [3.63, 3.8) is 0 Å². The quantitative estimate of drug-likeness (QED) is 0.857. The van der Waals surface area contributed by atoms with Gasteiger partial charge in [0.25, 0.3) is 5.56 Å². The van der Waals surface area contributed by atoms with Gasteiger partial charge in [-0.3, -0.25) is 9.36 Å². The van der Waals surface area contributed by atoms with Crippen LogP contribution in [0.4, 0.5) is 0 Å². The van der Waals surface area contributed by atoms with E-state index in [2.05, 4.69) is 10.9 Å². The molecule has 0 fully saturated rings. The fourth-order valence-electron chi connectivity index (χ4n) is 2.14. The second-order valence-electron chi connectivity index (χ2n) is 4.33. The first-order chi connectivity index (χ1) is 9.72. The topological polar surface area (TPSA) is 55.1 Å². The van der Waals surface area contributed by atoms with E-state index in [1.807, 2.05) is 37.3 Å². The molecule has 0 amide bonds. The van der Waals surface area contributed by atoms with Gasteiger partial charge in [-0.2, -0.15) is 0 Å². The van der Waals surface area contributed by atoms with Gasteiger partial charge in [0.15, 0.2) is 0 Å². The number of rotatable bonds is 4. The summed E-state index contributed by atoms with van der Waals surface area (Å²) in [6, 6.07) is 9.43. The van der Waals surface area contributed by atoms with Crippen LogP contribution in [0, 0.1) is 12.3 Å². The minimum atomic E-state index is -0.325. The van der Waals surface area contributed by atoms with Gasteiger partial charge < -0.3 is 5.11 Å². The van der Waals surface area contributed by atoms with Crippen LogP contribution in [0.5, 0.6) is 0 Å². The van der Waals surface area contributed by atoms with E-state index in [4.69, 9.17) is 6.42 Å². The van der Waals surface area contributed by atoms with E-state index in [1.54, 1.807) is 0 Å². The van der Waals surface area contributed by atoms with E-state index < -0.39 is 0 Å². The van der Waals surface area contributed by atoms with Gasteiger partial charge in [0, 0.05) is 5.56 Å². The smallest absolute Gasteiger partial charge is 0.260 e. The van der Waals surface area contributed by atoms with Crippen LogP contribution >= 0.6 is 0 Å². The van der Waals surface area contributed by atoms with Crippen LogP contribution in [0.25, 0.3) is 11.4 Å². The number of hydrogen-bond acceptors (Lipinski definition) is 3. The van der Waals surface area contributed by atoms with Crippen molar-refractivity contribution in [3.05, 3.63) is 51.9 Å². The van der Waals surface area contributed by atoms with Gasteiger partial charge in [0.05, 0.1) is 24.4 Å². The van der Waals surface area contributed by atoms with Gasteiger partial charge in [0.1, 0.15) is 5.82 Å². The summed E-state index contributed by atoms with van der Waals surface area (Å²) in [6.07, 6.45) is 5.92. The number of terminal acetylenes is 1. The van der Waals surface area contributed by atoms with Crippen molar-refractivity contribution in [2.75, 3.05) is 0 Å². The molecule has 0 aliphatic rings. The molecule has 0 aliphatic carbocycles. The number of benzene rings is 1. The van der Waals surface area contributed by atoms with Gasteiger partial charge in [0.2, 0.25) is 0 Å². The van der Waals surface area contributed by atoms with Crippen molar-refractivity contribution >= 4 is 0 Å². The Morgan fingerprint density at radius 2 is 2.05 bits per heavy atom. The van der Waals surface area contributed by atoms with Crippen molar-refractivity contribution in [2.45, 2.75) is 26.5 Å². The highest BCUT2D eigenvalue weighted by Gasteiger charge is 2.15. The number of aliphatic hydroxyl groups is 1. The van der Waals surface area contributed by atoms with Gasteiger partial charge in [-0.05, 0) is 6.42 Å². The summed E-state index contributed by atoms with van der Waals surface area (Å²) in [4.78, 5) is 17.0. The first kappa shape index (κ1) is 14.0. The van der Waals surface area contributed by atoms with E-state index in [-0.39, 0.29) is 18.7 Å². The molecule has 1 N–H and O–H groups in total. The minimum absolute atomic E-state index is 0.132. The van der Waals surface area contributed by atoms with Crippen LogP contribution < -0.4 is 5.56 Å². The molecule has 0 unspecified atom stereocenters. The predicted molar refractivity (Wildman–Crippen MR) is 78.1 cm³/mol. The Morgan fingerprint density at radius 1 is 1.35 bits per heavy atom. The zero-order valence-corrected chi connectivity index (χ0v) is 11.3. The molecule has 0 saturated heterocycles. The van der Waals surface area contributed by atoms with Crippen LogP contribution in [0.15, 0.2) is 35.1 Å². The maximum atomic E-state index is 12.4. The Morgan fingerprint density at radius 3 is 2.60 bits per heavy atom. The summed E-state index contributed by atoms with van der Waals surface area (Å²) in [7, 11) is 0. The molecular formula is C16H16N2O2. The molecule has 20 heavy (non-hydrogen) atoms. The minimum Gasteiger partial charge on any atom is -0.391 e. The summed E-state index contributed by atoms with van der Waals surface area (Å²) in [6.45, 7) is 1.71. The Hall–Kier alpha value is -2.38. The molecule has 0 spiro atoms. The normalized spacial score (nSPS) is 10.2. The molecule has 0 saturated carbocycles. The molecule has 1 heterocycles. The lowest BCUT2D eigenvalue weighted by Crippen LogP contribution is -2.28. The molecule has 2 rings (SSSR count). The lowest BCUT2D eigenvalue weighted by atomic mass is 10.1. The van der Waals surface area contributed by atoms with Gasteiger partial charge in [-0.15, -0.1) is 6.42 Å². The summed E-state index contributed by atoms with van der Waals surface area (Å²) >= 11 is 0. The fourth-order valence-corrected chi connectivity index (χ4v) is 2.14. The van der Waals surface area contributed by atoms with E-state index in [0.717, 1.165) is 5.56 Å². The SMILES string of the molecule is C#CCn1c(-c2ccccc2)nc(CC)c(CO)c1=O. The Labute approximate surface area is 117 Å². The number of hydrogen-bond donors (Lipinski definition) is 1. The molecule has 0 radical (unpaired) electrons. The lowest BCUT2D eigenvalue weighted by molar-refractivity contribution is 0.277. The van der Waals surface area contributed by atoms with Crippen molar-refractivity contribution in [3.8, 4) is 23.7 Å². The summed E-state index contributed by atoms with van der Waals surface area (Å²) in [5, 5.41) is 9.38. The van der Waals surface area contributed by atoms with Gasteiger partial charge in [-0.25, -0.2) is 4.98 Å². The molecule has 1 aromatic carbocycles. The molecule has 1 aromatic heterocycles. The largest absolute Gasteiger partial charge is 0.391 e. The van der Waals surface area contributed by atoms with Crippen molar-refractivity contribution in [1.29, 1.82) is 0 Å². The Kier molecular flexibility index (Phi) is 4.34. The maximum Gasteiger partial charge on any atom is 0.260 e. The third kappa shape index (κ3) is 2.49. The zero-order chi connectivity index (χ0) is 14.5. The lowest BCUT2D eigenvalue weighted by Gasteiger charge is -2.14. The third-order valence-corrected chi connectivity index (χ3v) is 3.12. The van der Waals surface area contributed by atoms with E-state index in [1.165, 1.54) is 4.57 Å². The standard InChI is InChI=1S/C16H16N2O2/c1-3-10-18-15(12-8-6-5-7-9-12)17-14(4-2)13(11-19)16(18)20/h1,5-9,19H,4,10-11H2,2H3. The van der Waals surface area contributed by atoms with Crippen LogP contribution in [-0.4, -0.2) is 14.7 Å². The number of aromatic nitrogens is 2. The zero-order valence-electron chi connectivity index (χ0n) is 11.3. The highest BCUT2D eigenvalue weighted by molar-refractivity contribution is 5.56. The second-order valence-corrected chi connectivity index (χ2v) is 4.33. The van der Waals surface area contributed by atoms with Crippen LogP contribution in [0.1, 0.15) is 18.2 Å². The van der Waals surface area contributed by atoms with Crippen molar-refractivity contribution in [2.24, 2.45) is 0 Å². The van der Waals surface area contributed by atoms with Crippen LogP contribution in [0.2, 0.25) is 0 Å². The van der Waals surface area contributed by atoms with E-state index in [9.17, 15) is 9.90 Å². The molecule has 4 nitrogen and oxygen atoms in total. The van der Waals surface area contributed by atoms with Crippen LogP contribution in [0.3, 0.4) is 0 Å². The molecule has 2 aromatic rings. The summed E-state index contributed by atoms with van der Waals surface area (Å²) in [5.41, 5.74) is 1.50. The Balaban J connectivity index is 2.76. The van der Waals surface area contributed by atoms with Crippen molar-refractivity contribution < 1.29 is 5.11 Å².